The van der Waals surface area contributed by atoms with Crippen molar-refractivity contribution in [2.24, 2.45) is 34.5 Å². The van der Waals surface area contributed by atoms with Gasteiger partial charge in [0.25, 0.3) is 0 Å². The average molecular weight is 857 g/mol. The third kappa shape index (κ3) is 7.42. The quantitative estimate of drug-likeness (QED) is 0.0701. The van der Waals surface area contributed by atoms with Gasteiger partial charge in [0.15, 0.2) is 18.9 Å². The van der Waals surface area contributed by atoms with Gasteiger partial charge < -0.3 is 83.5 Å². The van der Waals surface area contributed by atoms with Crippen molar-refractivity contribution in [2.75, 3.05) is 26.9 Å². The van der Waals surface area contributed by atoms with E-state index in [4.69, 9.17) is 37.9 Å². The molecule has 18 heteroatoms. The Kier molecular flexibility index (Phi) is 13.0. The summed E-state index contributed by atoms with van der Waals surface area (Å²) in [4.78, 5) is 25.2. The molecule has 18 nitrogen and oxygen atoms in total. The number of rotatable bonds is 11. The fourth-order valence-electron chi connectivity index (χ4n) is 13.0. The van der Waals surface area contributed by atoms with Gasteiger partial charge in [-0.05, 0) is 94.0 Å². The molecule has 0 aromatic carbocycles. The summed E-state index contributed by atoms with van der Waals surface area (Å²) in [5.74, 6) is -0.110. The predicted octanol–water partition coefficient (Wildman–Crippen LogP) is -1.03. The Balaban J connectivity index is 0.874. The van der Waals surface area contributed by atoms with Crippen LogP contribution in [0.5, 0.6) is 0 Å². The Morgan fingerprint density at radius 2 is 1.48 bits per heavy atom. The number of aliphatic hydroxyl groups is 8. The summed E-state index contributed by atoms with van der Waals surface area (Å²) in [6, 6.07) is 0. The SMILES string of the molecule is COC1CC(O[C@@H]2CC[C@@]3(C=O)C4CC[C@@]5(C)[C@H](C6=CC(=O)OC6)CC[C@@]5(O)[C@H]4CC[C@H]3C2)OC(C)C1O[C@H]1O[C@@H](CO)[C@H](O[C@H]2O[C@@H](CO)[C@H](O)[C@@H](O)[C@@H]2O)[C@@H](O)[C@@H]1O. The van der Waals surface area contributed by atoms with E-state index >= 15 is 0 Å². The zero-order chi connectivity index (χ0) is 42.9. The molecule has 4 aliphatic heterocycles. The Morgan fingerprint density at radius 1 is 0.783 bits per heavy atom. The maximum atomic E-state index is 13.3. The third-order valence-electron chi connectivity index (χ3n) is 16.2. The molecule has 60 heavy (non-hydrogen) atoms. The zero-order valence-corrected chi connectivity index (χ0v) is 34.5. The number of aldehydes is 1. The highest BCUT2D eigenvalue weighted by molar-refractivity contribution is 5.85. The maximum Gasteiger partial charge on any atom is 0.331 e. The number of fused-ring (bicyclic) bond motifs is 5. The molecule has 5 unspecified atom stereocenters. The molecule has 8 aliphatic rings. The number of hydrogen-bond donors (Lipinski definition) is 8. The van der Waals surface area contributed by atoms with E-state index in [1.165, 1.54) is 13.4 Å². The molecule has 4 aliphatic carbocycles. The van der Waals surface area contributed by atoms with E-state index in [0.29, 0.717) is 25.7 Å². The summed E-state index contributed by atoms with van der Waals surface area (Å²) in [7, 11) is 1.51. The molecule has 0 aromatic heterocycles. The summed E-state index contributed by atoms with van der Waals surface area (Å²) < 4.78 is 47.1. The van der Waals surface area contributed by atoms with Crippen LogP contribution in [0.2, 0.25) is 0 Å². The van der Waals surface area contributed by atoms with Crippen LogP contribution in [-0.4, -0.2) is 178 Å². The van der Waals surface area contributed by atoms with Gasteiger partial charge in [0.2, 0.25) is 0 Å². The first-order valence-electron chi connectivity index (χ1n) is 21.8. The van der Waals surface area contributed by atoms with Crippen molar-refractivity contribution in [1.29, 1.82) is 0 Å². The molecule has 0 spiro atoms. The van der Waals surface area contributed by atoms with E-state index in [9.17, 15) is 50.4 Å². The molecule has 4 saturated carbocycles. The Labute approximate surface area is 349 Å². The molecule has 22 atom stereocenters. The van der Waals surface area contributed by atoms with Crippen LogP contribution >= 0.6 is 0 Å². The molecule has 7 fully saturated rings. The topological polar surface area (TPSA) is 270 Å². The number of aliphatic hydroxyl groups excluding tert-OH is 7. The van der Waals surface area contributed by atoms with Crippen molar-refractivity contribution in [2.45, 2.75) is 176 Å². The van der Waals surface area contributed by atoms with Crippen LogP contribution in [-0.2, 0) is 47.5 Å². The lowest BCUT2D eigenvalue weighted by atomic mass is 9.43. The second-order valence-corrected chi connectivity index (χ2v) is 18.9. The lowest BCUT2D eigenvalue weighted by Gasteiger charge is -2.63. The second kappa shape index (κ2) is 17.3. The van der Waals surface area contributed by atoms with Crippen LogP contribution in [0.4, 0.5) is 0 Å². The predicted molar refractivity (Wildman–Crippen MR) is 202 cm³/mol. The fraction of sp³-hybridized carbons (Fsp3) is 0.905. The first kappa shape index (κ1) is 44.9. The molecule has 8 rings (SSSR count). The summed E-state index contributed by atoms with van der Waals surface area (Å²) in [5, 5.41) is 85.3. The summed E-state index contributed by atoms with van der Waals surface area (Å²) >= 11 is 0. The van der Waals surface area contributed by atoms with Crippen LogP contribution in [0.1, 0.15) is 78.1 Å². The van der Waals surface area contributed by atoms with Gasteiger partial charge in [0, 0.05) is 30.4 Å². The highest BCUT2D eigenvalue weighted by Crippen LogP contribution is 2.69. The van der Waals surface area contributed by atoms with Crippen molar-refractivity contribution < 1.29 is 88.3 Å². The summed E-state index contributed by atoms with van der Waals surface area (Å²) in [6.45, 7) is 2.80. The normalized spacial score (nSPS) is 53.1. The smallest absolute Gasteiger partial charge is 0.331 e. The zero-order valence-electron chi connectivity index (χ0n) is 34.5. The number of cyclic esters (lactones) is 1. The van der Waals surface area contributed by atoms with Crippen molar-refractivity contribution >= 4 is 12.3 Å². The van der Waals surface area contributed by atoms with Gasteiger partial charge in [-0.15, -0.1) is 0 Å². The van der Waals surface area contributed by atoms with Gasteiger partial charge >= 0.3 is 5.97 Å². The van der Waals surface area contributed by atoms with Gasteiger partial charge in [-0.3, -0.25) is 0 Å². The van der Waals surface area contributed by atoms with Gasteiger partial charge in [0.05, 0.1) is 37.1 Å². The first-order valence-corrected chi connectivity index (χ1v) is 21.8. The van der Waals surface area contributed by atoms with Crippen molar-refractivity contribution in [1.82, 2.24) is 0 Å². The molecule has 0 radical (unpaired) electrons. The lowest BCUT2D eigenvalue weighted by molar-refractivity contribution is -0.373. The van der Waals surface area contributed by atoms with Gasteiger partial charge in [-0.1, -0.05) is 6.92 Å². The summed E-state index contributed by atoms with van der Waals surface area (Å²) in [5.41, 5.74) is -0.906. The molecular weight excluding hydrogens is 792 g/mol. The Hall–Kier alpha value is -1.72. The second-order valence-electron chi connectivity index (χ2n) is 18.9. The molecule has 8 N–H and O–H groups in total. The highest BCUT2D eigenvalue weighted by Gasteiger charge is 2.69. The van der Waals surface area contributed by atoms with Crippen LogP contribution < -0.4 is 0 Å². The van der Waals surface area contributed by atoms with Crippen molar-refractivity contribution in [3.05, 3.63) is 11.6 Å². The van der Waals surface area contributed by atoms with Gasteiger partial charge in [-0.25, -0.2) is 4.79 Å². The van der Waals surface area contributed by atoms with E-state index in [-0.39, 0.29) is 48.8 Å². The monoisotopic (exact) mass is 856 g/mol. The van der Waals surface area contributed by atoms with E-state index in [1.54, 1.807) is 13.0 Å². The highest BCUT2D eigenvalue weighted by atomic mass is 16.8. The maximum absolute atomic E-state index is 13.3. The molecule has 340 valence electrons. The number of ether oxygens (including phenoxy) is 8. The largest absolute Gasteiger partial charge is 0.458 e. The molecule has 0 bridgehead atoms. The van der Waals surface area contributed by atoms with E-state index in [0.717, 1.165) is 37.7 Å². The number of hydrogen-bond acceptors (Lipinski definition) is 18. The molecular formula is C42H64O18. The van der Waals surface area contributed by atoms with Crippen LogP contribution in [0.3, 0.4) is 0 Å². The standard InChI is InChI=1S/C42H64O18/c1-19-36(59-39-35(51)33(49)37(28(16-44)58-39)60-38-34(50)32(48)31(47)27(15-43)57-38)26(53-3)14-30(55-19)56-22-6-10-41(18-45)21(13-22)4-5-25-24(41)7-9-40(2)23(8-11-42(25,40)52)20-12-29(46)54-17-20/h12,18-19,21-28,30-39,43-44,47-52H,4-11,13-17H2,1-3H3/t19?,21-,22+,23-,24?,25-,26?,27-,28-,30?,31-,32+,33-,34-,35-,36?,37-,38+,39+,40-,41-,42+/m0/s1. The minimum absolute atomic E-state index is 0.0120. The van der Waals surface area contributed by atoms with Crippen LogP contribution in [0, 0.1) is 34.5 Å². The van der Waals surface area contributed by atoms with Crippen LogP contribution in [0.15, 0.2) is 11.6 Å². The number of carbonyl (C=O) groups is 2. The van der Waals surface area contributed by atoms with Crippen LogP contribution in [0.25, 0.3) is 0 Å². The number of methoxy groups -OCH3 is 1. The minimum Gasteiger partial charge on any atom is -0.458 e. The lowest BCUT2D eigenvalue weighted by Crippen LogP contribution is -2.65. The Bertz CT molecular complexity index is 1580. The number of carbonyl (C=O) groups excluding carboxylic acids is 2. The first-order chi connectivity index (χ1) is 28.6. The van der Waals surface area contributed by atoms with Crippen molar-refractivity contribution in [3.8, 4) is 0 Å². The average Bonchev–Trinajstić information content (AvgIpc) is 3.79. The third-order valence-corrected chi connectivity index (χ3v) is 16.2. The van der Waals surface area contributed by atoms with Gasteiger partial charge in [0.1, 0.15) is 67.8 Å². The Morgan fingerprint density at radius 3 is 2.15 bits per heavy atom. The molecule has 0 aromatic rings. The van der Waals surface area contributed by atoms with E-state index < -0.39 is 116 Å². The number of esters is 1. The molecule has 4 heterocycles. The fourth-order valence-corrected chi connectivity index (χ4v) is 13.0. The van der Waals surface area contributed by atoms with Crippen molar-refractivity contribution in [3.63, 3.8) is 0 Å². The molecule has 3 saturated heterocycles. The van der Waals surface area contributed by atoms with E-state index in [1.807, 2.05) is 0 Å². The summed E-state index contributed by atoms with van der Waals surface area (Å²) in [6.07, 6.45) is -9.10. The van der Waals surface area contributed by atoms with E-state index in [2.05, 4.69) is 6.92 Å². The minimum atomic E-state index is -1.79. The molecule has 0 amide bonds. The van der Waals surface area contributed by atoms with Gasteiger partial charge in [-0.2, -0.15) is 0 Å².